The minimum atomic E-state index is -1.50. The average molecular weight is 684 g/mol. The van der Waals surface area contributed by atoms with Crippen molar-refractivity contribution in [1.29, 1.82) is 0 Å². The maximum absolute atomic E-state index is 10.3. The van der Waals surface area contributed by atoms with Crippen molar-refractivity contribution in [3.05, 3.63) is 0 Å². The molecule has 3 saturated heterocycles. The number of nitrogens with zero attached hydrogens (tertiary/aromatic N) is 1. The smallest absolute Gasteiger partial charge is 0.132 e. The third-order valence-corrected chi connectivity index (χ3v) is 11.0. The van der Waals surface area contributed by atoms with Crippen molar-refractivity contribution in [2.24, 2.45) is 0 Å². The molecule has 0 radical (unpaired) electrons. The van der Waals surface area contributed by atoms with Crippen molar-refractivity contribution in [1.82, 2.24) is 4.90 Å². The lowest BCUT2D eigenvalue weighted by atomic mass is 10.0. The second kappa shape index (κ2) is 18.1. The number of aliphatic hydroxyl groups is 12. The van der Waals surface area contributed by atoms with Crippen molar-refractivity contribution in [3.63, 3.8) is 0 Å². The zero-order valence-corrected chi connectivity index (χ0v) is 25.7. The monoisotopic (exact) mass is 683 g/mol. The molecular formula is C24H45NO15S3. The summed E-state index contributed by atoms with van der Waals surface area (Å²) < 4.78 is 16.6. The molecule has 19 heteroatoms. The molecule has 3 aliphatic heterocycles. The summed E-state index contributed by atoms with van der Waals surface area (Å²) in [6.45, 7) is -0.367. The Hall–Kier alpha value is 0.410. The molecule has 0 saturated carbocycles. The second-order valence-electron chi connectivity index (χ2n) is 10.5. The number of hydrogen-bond donors (Lipinski definition) is 12. The van der Waals surface area contributed by atoms with Gasteiger partial charge in [0.05, 0.1) is 19.8 Å². The van der Waals surface area contributed by atoms with Crippen molar-refractivity contribution in [2.45, 2.75) is 89.6 Å². The van der Waals surface area contributed by atoms with Gasteiger partial charge in [-0.25, -0.2) is 0 Å². The van der Waals surface area contributed by atoms with Crippen LogP contribution in [0.15, 0.2) is 0 Å². The van der Waals surface area contributed by atoms with Crippen LogP contribution >= 0.6 is 35.3 Å². The summed E-state index contributed by atoms with van der Waals surface area (Å²) >= 11 is 3.52. The zero-order chi connectivity index (χ0) is 31.8. The molecule has 0 aromatic heterocycles. The molecule has 12 N–H and O–H groups in total. The fourth-order valence-corrected chi connectivity index (χ4v) is 8.37. The van der Waals surface area contributed by atoms with Gasteiger partial charge in [-0.2, -0.15) is 0 Å². The van der Waals surface area contributed by atoms with E-state index < -0.39 is 109 Å². The molecule has 3 heterocycles. The predicted molar refractivity (Wildman–Crippen MR) is 155 cm³/mol. The molecule has 43 heavy (non-hydrogen) atoms. The molecule has 0 aromatic rings. The Morgan fingerprint density at radius 3 is 0.884 bits per heavy atom. The van der Waals surface area contributed by atoms with E-state index in [0.29, 0.717) is 36.9 Å². The van der Waals surface area contributed by atoms with Crippen LogP contribution in [-0.4, -0.2) is 212 Å². The highest BCUT2D eigenvalue weighted by Crippen LogP contribution is 2.31. The molecule has 3 fully saturated rings. The van der Waals surface area contributed by atoms with Gasteiger partial charge in [-0.1, -0.05) is 0 Å². The summed E-state index contributed by atoms with van der Waals surface area (Å²) in [5, 5.41) is 119. The van der Waals surface area contributed by atoms with E-state index in [9.17, 15) is 61.3 Å². The van der Waals surface area contributed by atoms with Gasteiger partial charge in [0, 0.05) is 36.9 Å². The minimum absolute atomic E-state index is 0.387. The van der Waals surface area contributed by atoms with Crippen molar-refractivity contribution < 1.29 is 75.5 Å². The molecule has 0 aliphatic carbocycles. The number of aliphatic hydroxyl groups excluding tert-OH is 12. The van der Waals surface area contributed by atoms with Crippen LogP contribution in [0.1, 0.15) is 0 Å². The van der Waals surface area contributed by atoms with Gasteiger partial charge in [-0.3, -0.25) is 0 Å². The first-order valence-corrected chi connectivity index (χ1v) is 17.1. The molecule has 3 rings (SSSR count). The van der Waals surface area contributed by atoms with Gasteiger partial charge in [0.2, 0.25) is 0 Å². The van der Waals surface area contributed by atoms with Crippen LogP contribution in [-0.2, 0) is 14.2 Å². The lowest BCUT2D eigenvalue weighted by molar-refractivity contribution is -0.205. The summed E-state index contributed by atoms with van der Waals surface area (Å²) in [6, 6.07) is 0. The molecule has 3 aliphatic rings. The highest BCUT2D eigenvalue weighted by Gasteiger charge is 2.45. The standard InChI is InChI=1S/C24H45NO15S3/c26-7-10-13(29)16(32)19(35)22(38-10)41-4-1-25(2-5-42-23-20(36)17(33)14(30)11(8-27)39-23)3-6-43-24-21(37)18(34)15(31)12(9-28)40-24/h10-24,26-37H,1-9H2/t10-,11-,12-,13+,14+,15+,16+,17+,18+,19-,20-,21-,22+,23+,24+/m1/s1. The maximum atomic E-state index is 10.3. The van der Waals surface area contributed by atoms with E-state index in [1.165, 1.54) is 35.3 Å². The quantitative estimate of drug-likeness (QED) is 0.0765. The first kappa shape index (κ1) is 37.9. The van der Waals surface area contributed by atoms with E-state index in [0.717, 1.165) is 0 Å². The van der Waals surface area contributed by atoms with E-state index >= 15 is 0 Å². The van der Waals surface area contributed by atoms with Crippen LogP contribution in [0, 0.1) is 0 Å². The fourth-order valence-electron chi connectivity index (χ4n) is 4.84. The fraction of sp³-hybridized carbons (Fsp3) is 1.00. The molecule has 0 bridgehead atoms. The minimum Gasteiger partial charge on any atom is -0.394 e. The molecule has 0 aromatic carbocycles. The van der Waals surface area contributed by atoms with E-state index in [2.05, 4.69) is 0 Å². The first-order chi connectivity index (χ1) is 20.4. The third-order valence-electron chi connectivity index (χ3n) is 7.61. The Morgan fingerprint density at radius 1 is 0.395 bits per heavy atom. The van der Waals surface area contributed by atoms with Crippen LogP contribution in [0.25, 0.3) is 0 Å². The summed E-state index contributed by atoms with van der Waals surface area (Å²) in [7, 11) is 0. The van der Waals surface area contributed by atoms with Gasteiger partial charge in [-0.15, -0.1) is 35.3 Å². The molecule has 16 nitrogen and oxygen atoms in total. The lowest BCUT2D eigenvalue weighted by Gasteiger charge is -2.40. The van der Waals surface area contributed by atoms with Crippen LogP contribution in [0.4, 0.5) is 0 Å². The van der Waals surface area contributed by atoms with E-state index in [1.54, 1.807) is 0 Å². The average Bonchev–Trinajstić information content (AvgIpc) is 3.00. The third kappa shape index (κ3) is 9.72. The first-order valence-electron chi connectivity index (χ1n) is 13.9. The Labute approximate surface area is 261 Å². The Balaban J connectivity index is 1.56. The van der Waals surface area contributed by atoms with Crippen LogP contribution in [0.2, 0.25) is 0 Å². The molecule has 0 unspecified atom stereocenters. The lowest BCUT2D eigenvalue weighted by Crippen LogP contribution is -2.57. The number of ether oxygens (including phenoxy) is 3. The number of rotatable bonds is 15. The van der Waals surface area contributed by atoms with E-state index in [4.69, 9.17) is 14.2 Å². The van der Waals surface area contributed by atoms with Crippen molar-refractivity contribution in [3.8, 4) is 0 Å². The highest BCUT2D eigenvalue weighted by atomic mass is 32.2. The van der Waals surface area contributed by atoms with Gasteiger partial charge in [0.1, 0.15) is 89.6 Å². The summed E-state index contributed by atoms with van der Waals surface area (Å²) in [5.74, 6) is 1.16. The number of thioether (sulfide) groups is 3. The van der Waals surface area contributed by atoms with Crippen LogP contribution in [0.5, 0.6) is 0 Å². The van der Waals surface area contributed by atoms with Gasteiger partial charge in [0.25, 0.3) is 0 Å². The second-order valence-corrected chi connectivity index (χ2v) is 14.2. The molecular weight excluding hydrogens is 638 g/mol. The van der Waals surface area contributed by atoms with Crippen molar-refractivity contribution in [2.75, 3.05) is 56.7 Å². The van der Waals surface area contributed by atoms with Crippen LogP contribution in [0.3, 0.4) is 0 Å². The highest BCUT2D eigenvalue weighted by molar-refractivity contribution is 8.00. The van der Waals surface area contributed by atoms with Gasteiger partial charge in [-0.05, 0) is 0 Å². The molecule has 0 amide bonds. The zero-order valence-electron chi connectivity index (χ0n) is 23.3. The molecule has 0 spiro atoms. The van der Waals surface area contributed by atoms with Crippen LogP contribution < -0.4 is 0 Å². The summed E-state index contributed by atoms with van der Waals surface area (Å²) in [4.78, 5) is 1.99. The molecule has 15 atom stereocenters. The largest absolute Gasteiger partial charge is 0.394 e. The Bertz CT molecular complexity index is 707. The number of hydrogen-bond acceptors (Lipinski definition) is 19. The summed E-state index contributed by atoms with van der Waals surface area (Å²) in [6.07, 6.45) is -16.1. The SMILES string of the molecule is OC[C@H]1O[C@@H](SCCN(CCS[C@@H]2O[C@H](CO)[C@H](O)[C@H](O)[C@H]2O)CCS[C@@H]2O[C@H](CO)[C@H](O)[C@H](O)[C@H]2O)[C@H](O)[C@@H](O)[C@H]1O. The maximum Gasteiger partial charge on any atom is 0.132 e. The normalized spacial score (nSPS) is 44.2. The Morgan fingerprint density at radius 2 is 0.651 bits per heavy atom. The van der Waals surface area contributed by atoms with Gasteiger partial charge >= 0.3 is 0 Å². The Kier molecular flexibility index (Phi) is 15.9. The van der Waals surface area contributed by atoms with Gasteiger partial charge < -0.3 is 80.4 Å². The molecule has 254 valence electrons. The van der Waals surface area contributed by atoms with Gasteiger partial charge in [0.15, 0.2) is 0 Å². The summed E-state index contributed by atoms with van der Waals surface area (Å²) in [5.41, 5.74) is -2.74. The topological polar surface area (TPSA) is 274 Å². The van der Waals surface area contributed by atoms with E-state index in [1.807, 2.05) is 4.90 Å². The van der Waals surface area contributed by atoms with E-state index in [-0.39, 0.29) is 0 Å². The predicted octanol–water partition coefficient (Wildman–Crippen LogP) is -6.11. The van der Waals surface area contributed by atoms with Crippen molar-refractivity contribution >= 4 is 35.3 Å².